The van der Waals surface area contributed by atoms with Gasteiger partial charge in [0.05, 0.1) is 40.5 Å². The summed E-state index contributed by atoms with van der Waals surface area (Å²) in [6, 6.07) is 43.8. The number of halogens is 6. The van der Waals surface area contributed by atoms with E-state index in [1.165, 1.54) is 133 Å². The van der Waals surface area contributed by atoms with Gasteiger partial charge in [0, 0.05) is 9.79 Å². The van der Waals surface area contributed by atoms with Crippen LogP contribution >= 0.6 is 11.8 Å². The van der Waals surface area contributed by atoms with Crippen LogP contribution in [0.4, 0.5) is 26.3 Å². The standard InChI is InChI=1S/C36H26O8S5.2C7H5F3O3S/c37-46(38,27-15-5-1-6-16-27)33-25-13-23-31(35(33)48(41,42)29-19-9-3-10-20-29)45-32-24-14-26-34(47(39,40)28-17-7-2-8-18-28)36(32)49(43,44)30-21-11-4-12-22-30;2*8-7(9,10)5-3-1-2-4-6(5)14(11,12)13/h1-26H;2*1-4H,(H,11,12,13). The first-order valence-corrected chi connectivity index (χ1v) is 30.9. The Hall–Kier alpha value is -6.69. The second kappa shape index (κ2) is 23.1. The van der Waals surface area contributed by atoms with E-state index in [9.17, 15) is 76.8 Å². The van der Waals surface area contributed by atoms with E-state index in [0.29, 0.717) is 36.0 Å². The monoisotopic (exact) mass is 1200 g/mol. The van der Waals surface area contributed by atoms with E-state index in [2.05, 4.69) is 0 Å². The molecule has 14 nitrogen and oxygen atoms in total. The SMILES string of the molecule is O=S(=O)(O)c1ccccc1C(F)(F)F.O=S(=O)(O)c1ccccc1C(F)(F)F.O=S(=O)(c1ccccc1)c1cccc(Sc2cccc(S(=O)(=O)c3ccccc3)c2S(=O)(=O)c2ccccc2)c1S(=O)(=O)c1ccccc1. The van der Waals surface area contributed by atoms with Gasteiger partial charge in [0.1, 0.15) is 19.6 Å². The summed E-state index contributed by atoms with van der Waals surface area (Å²) in [7, 11) is -27.7. The highest BCUT2D eigenvalue weighted by Crippen LogP contribution is 2.45. The number of sulfone groups is 4. The zero-order valence-electron chi connectivity index (χ0n) is 38.5. The minimum Gasteiger partial charge on any atom is -0.282 e. The van der Waals surface area contributed by atoms with Crippen molar-refractivity contribution in [2.75, 3.05) is 0 Å². The van der Waals surface area contributed by atoms with Gasteiger partial charge in [-0.1, -0.05) is 121 Å². The van der Waals surface area contributed by atoms with Gasteiger partial charge in [0.2, 0.25) is 39.3 Å². The maximum absolute atomic E-state index is 14.4. The number of alkyl halides is 6. The van der Waals surface area contributed by atoms with Crippen LogP contribution < -0.4 is 0 Å². The van der Waals surface area contributed by atoms with Crippen LogP contribution in [0.5, 0.6) is 0 Å². The minimum absolute atomic E-state index is 0.125. The largest absolute Gasteiger partial charge is 0.417 e. The van der Waals surface area contributed by atoms with Crippen molar-refractivity contribution in [1.82, 2.24) is 0 Å². The molecule has 8 rings (SSSR count). The van der Waals surface area contributed by atoms with Crippen molar-refractivity contribution in [3.8, 4) is 0 Å². The molecule has 0 amide bonds. The fourth-order valence-corrected chi connectivity index (χ4v) is 17.3. The Morgan fingerprint density at radius 3 is 0.766 bits per heavy atom. The normalized spacial score (nSPS) is 12.6. The molecular weight excluding hydrogens is 1160 g/mol. The van der Waals surface area contributed by atoms with Crippen LogP contribution in [0, 0.1) is 0 Å². The molecule has 0 heterocycles. The minimum atomic E-state index is -4.84. The van der Waals surface area contributed by atoms with Gasteiger partial charge in [-0.15, -0.1) is 0 Å². The molecule has 0 saturated carbocycles. The molecule has 0 unspecified atom stereocenters. The molecule has 77 heavy (non-hydrogen) atoms. The molecule has 0 bridgehead atoms. The Balaban J connectivity index is 0.000000278. The molecule has 0 fully saturated rings. The van der Waals surface area contributed by atoms with Gasteiger partial charge in [0.25, 0.3) is 20.2 Å². The highest BCUT2D eigenvalue weighted by Gasteiger charge is 2.39. The highest BCUT2D eigenvalue weighted by molar-refractivity contribution is 8.01. The van der Waals surface area contributed by atoms with Gasteiger partial charge < -0.3 is 0 Å². The number of hydrogen-bond donors (Lipinski definition) is 2. The Morgan fingerprint density at radius 2 is 0.519 bits per heavy atom. The third-order valence-corrected chi connectivity index (χ3v) is 21.2. The maximum atomic E-state index is 14.4. The van der Waals surface area contributed by atoms with Gasteiger partial charge in [-0.2, -0.15) is 43.2 Å². The lowest BCUT2D eigenvalue weighted by Crippen LogP contribution is -2.13. The second-order valence-corrected chi connectivity index (χ2v) is 26.9. The van der Waals surface area contributed by atoms with E-state index in [4.69, 9.17) is 9.11 Å². The Labute approximate surface area is 442 Å². The predicted molar refractivity (Wildman–Crippen MR) is 267 cm³/mol. The van der Waals surface area contributed by atoms with Gasteiger partial charge in [-0.25, -0.2) is 33.7 Å². The van der Waals surface area contributed by atoms with E-state index < -0.39 is 112 Å². The average molecular weight is 1200 g/mol. The average Bonchev–Trinajstić information content (AvgIpc) is 3.39. The van der Waals surface area contributed by atoms with Crippen LogP contribution in [0.25, 0.3) is 0 Å². The lowest BCUT2D eigenvalue weighted by molar-refractivity contribution is -0.140. The Kier molecular flexibility index (Phi) is 17.9. The summed E-state index contributed by atoms with van der Waals surface area (Å²) >= 11 is 0.648. The molecule has 0 atom stereocenters. The summed E-state index contributed by atoms with van der Waals surface area (Å²) in [5.41, 5.74) is -2.75. The summed E-state index contributed by atoms with van der Waals surface area (Å²) in [5.74, 6) is 0. The topological polar surface area (TPSA) is 245 Å². The van der Waals surface area contributed by atoms with E-state index >= 15 is 0 Å². The first kappa shape index (κ1) is 59.6. The molecule has 8 aromatic rings. The summed E-state index contributed by atoms with van der Waals surface area (Å²) in [6.45, 7) is 0. The molecule has 404 valence electrons. The molecule has 0 aliphatic heterocycles. The number of benzene rings is 8. The Bertz CT molecular complexity index is 3860. The zero-order chi connectivity index (χ0) is 56.8. The molecule has 0 aliphatic carbocycles. The van der Waals surface area contributed by atoms with Crippen molar-refractivity contribution < 1.29 is 86.0 Å². The number of rotatable bonds is 12. The van der Waals surface area contributed by atoms with E-state index in [0.717, 1.165) is 24.3 Å². The van der Waals surface area contributed by atoms with Crippen LogP contribution in [0.2, 0.25) is 0 Å². The molecule has 2 N–H and O–H groups in total. The van der Waals surface area contributed by atoms with Crippen molar-refractivity contribution >= 4 is 71.3 Å². The molecule has 8 aromatic carbocycles. The summed E-state index contributed by atoms with van der Waals surface area (Å²) in [4.78, 5) is -5.38. The van der Waals surface area contributed by atoms with Crippen LogP contribution in [0.3, 0.4) is 0 Å². The lowest BCUT2D eigenvalue weighted by atomic mass is 10.2. The van der Waals surface area contributed by atoms with Gasteiger partial charge in [-0.3, -0.25) is 9.11 Å². The second-order valence-electron chi connectivity index (χ2n) is 15.5. The van der Waals surface area contributed by atoms with Crippen LogP contribution in [0.15, 0.2) is 265 Å². The van der Waals surface area contributed by atoms with Crippen LogP contribution in [0.1, 0.15) is 11.1 Å². The predicted octanol–water partition coefficient (Wildman–Crippen LogP) is 11.1. The summed E-state index contributed by atoms with van der Waals surface area (Å²) < 4.78 is 246. The van der Waals surface area contributed by atoms with Gasteiger partial charge in [0.15, 0.2) is 0 Å². The van der Waals surface area contributed by atoms with Crippen molar-refractivity contribution in [3.05, 3.63) is 217 Å². The fourth-order valence-electron chi connectivity index (χ4n) is 6.96. The zero-order valence-corrected chi connectivity index (χ0v) is 44.3. The van der Waals surface area contributed by atoms with Crippen molar-refractivity contribution in [1.29, 1.82) is 0 Å². The van der Waals surface area contributed by atoms with Gasteiger partial charge in [-0.05, 0) is 97.1 Å². The molecule has 0 aliphatic rings. The molecule has 0 spiro atoms. The van der Waals surface area contributed by atoms with E-state index in [-0.39, 0.29) is 29.4 Å². The quantitative estimate of drug-likeness (QED) is 0.0853. The third kappa shape index (κ3) is 13.7. The fraction of sp³-hybridized carbons (Fsp3) is 0.0400. The highest BCUT2D eigenvalue weighted by atomic mass is 32.2. The van der Waals surface area contributed by atoms with E-state index in [1.807, 2.05) is 0 Å². The van der Waals surface area contributed by atoms with E-state index in [1.54, 1.807) is 24.3 Å². The smallest absolute Gasteiger partial charge is 0.282 e. The molecule has 0 radical (unpaired) electrons. The maximum Gasteiger partial charge on any atom is 0.417 e. The van der Waals surface area contributed by atoms with Crippen molar-refractivity contribution in [3.63, 3.8) is 0 Å². The molecule has 0 aromatic heterocycles. The summed E-state index contributed by atoms with van der Waals surface area (Å²) in [6.07, 6.45) is -9.60. The first-order chi connectivity index (χ1) is 35.8. The van der Waals surface area contributed by atoms with Crippen molar-refractivity contribution in [2.45, 2.75) is 71.1 Å². The molecular formula is C50H36F6O14S7. The lowest BCUT2D eigenvalue weighted by Gasteiger charge is -2.19. The first-order valence-electron chi connectivity index (χ1n) is 21.2. The molecule has 0 saturated heterocycles. The summed E-state index contributed by atoms with van der Waals surface area (Å²) in [5, 5.41) is 0. The molecule has 27 heteroatoms. The Morgan fingerprint density at radius 1 is 0.286 bits per heavy atom. The number of hydrogen-bond acceptors (Lipinski definition) is 13. The third-order valence-electron chi connectivity index (χ3n) is 10.4. The van der Waals surface area contributed by atoms with Crippen LogP contribution in [-0.2, 0) is 71.9 Å². The van der Waals surface area contributed by atoms with Gasteiger partial charge >= 0.3 is 12.4 Å². The van der Waals surface area contributed by atoms with Crippen molar-refractivity contribution in [2.24, 2.45) is 0 Å². The van der Waals surface area contributed by atoms with Crippen LogP contribution in [-0.4, -0.2) is 59.6 Å².